The summed E-state index contributed by atoms with van der Waals surface area (Å²) in [4.78, 5) is 36.3. The van der Waals surface area contributed by atoms with E-state index in [9.17, 15) is 9.59 Å². The summed E-state index contributed by atoms with van der Waals surface area (Å²) in [6.45, 7) is 5.14. The minimum atomic E-state index is -1.18. The van der Waals surface area contributed by atoms with Crippen LogP contribution in [0.2, 0.25) is 0 Å². The molecular formula is C22H36FN7O3. The van der Waals surface area contributed by atoms with E-state index in [1.54, 1.807) is 6.92 Å². The van der Waals surface area contributed by atoms with E-state index in [0.29, 0.717) is 37.2 Å². The van der Waals surface area contributed by atoms with Gasteiger partial charge in [-0.25, -0.2) is 14.8 Å². The summed E-state index contributed by atoms with van der Waals surface area (Å²) in [6, 6.07) is 0.286. The Labute approximate surface area is 194 Å². The highest BCUT2D eigenvalue weighted by molar-refractivity contribution is 5.80. The SMILES string of the molecule is Cc1nc(NNC(=O)[C@@H](CNC(=O)O)CC2CCCC2)c(F)c(N2C[C@H](C)[C@@H](N(C)C)C2)n1. The van der Waals surface area contributed by atoms with Crippen molar-refractivity contribution in [1.82, 2.24) is 25.6 Å². The predicted octanol–water partition coefficient (Wildman–Crippen LogP) is 2.22. The number of amides is 2. The Hall–Kier alpha value is -2.69. The van der Waals surface area contributed by atoms with E-state index in [4.69, 9.17) is 5.11 Å². The second kappa shape index (κ2) is 11.0. The zero-order chi connectivity index (χ0) is 24.1. The van der Waals surface area contributed by atoms with E-state index >= 15 is 4.39 Å². The quantitative estimate of drug-likeness (QED) is 0.410. The molecular weight excluding hydrogens is 429 g/mol. The second-order valence-electron chi connectivity index (χ2n) is 9.55. The molecule has 1 aromatic rings. The van der Waals surface area contributed by atoms with Crippen molar-refractivity contribution in [3.8, 4) is 0 Å². The van der Waals surface area contributed by atoms with Crippen LogP contribution in [0.4, 0.5) is 20.8 Å². The van der Waals surface area contributed by atoms with Crippen LogP contribution in [-0.4, -0.2) is 71.7 Å². The van der Waals surface area contributed by atoms with Crippen molar-refractivity contribution in [2.75, 3.05) is 44.1 Å². The average Bonchev–Trinajstić information content (AvgIpc) is 3.40. The number of aromatic nitrogens is 2. The summed E-state index contributed by atoms with van der Waals surface area (Å²) in [5, 5.41) is 11.3. The fourth-order valence-electron chi connectivity index (χ4n) is 5.00. The van der Waals surface area contributed by atoms with E-state index in [1.807, 2.05) is 19.0 Å². The van der Waals surface area contributed by atoms with Crippen LogP contribution in [0.15, 0.2) is 0 Å². The number of carbonyl (C=O) groups excluding carboxylic acids is 1. The third-order valence-corrected chi connectivity index (χ3v) is 6.75. The van der Waals surface area contributed by atoms with Crippen molar-refractivity contribution >= 4 is 23.6 Å². The first kappa shape index (κ1) is 24.9. The van der Waals surface area contributed by atoms with Crippen LogP contribution in [0.25, 0.3) is 0 Å². The fraction of sp³-hybridized carbons (Fsp3) is 0.727. The molecule has 3 rings (SSSR count). The van der Waals surface area contributed by atoms with E-state index < -0.39 is 23.7 Å². The molecule has 1 aliphatic carbocycles. The van der Waals surface area contributed by atoms with E-state index in [-0.39, 0.29) is 24.2 Å². The monoisotopic (exact) mass is 465 g/mol. The maximum absolute atomic E-state index is 15.3. The van der Waals surface area contributed by atoms with Gasteiger partial charge in [-0.1, -0.05) is 32.6 Å². The molecule has 2 heterocycles. The van der Waals surface area contributed by atoms with Gasteiger partial charge in [0.05, 0.1) is 5.92 Å². The Morgan fingerprint density at radius 3 is 2.55 bits per heavy atom. The van der Waals surface area contributed by atoms with E-state index in [1.165, 1.54) is 0 Å². The topological polar surface area (TPSA) is 123 Å². The number of halogens is 1. The number of aryl methyl sites for hydroxylation is 1. The number of hydrogen-bond donors (Lipinski definition) is 4. The number of carbonyl (C=O) groups is 2. The fourth-order valence-corrected chi connectivity index (χ4v) is 5.00. The third-order valence-electron chi connectivity index (χ3n) is 6.75. The molecule has 4 N–H and O–H groups in total. The molecule has 0 unspecified atom stereocenters. The lowest BCUT2D eigenvalue weighted by Gasteiger charge is -2.23. The van der Waals surface area contributed by atoms with Gasteiger partial charge in [-0.3, -0.25) is 15.6 Å². The van der Waals surface area contributed by atoms with Crippen LogP contribution in [0.1, 0.15) is 44.9 Å². The van der Waals surface area contributed by atoms with Crippen molar-refractivity contribution in [2.24, 2.45) is 17.8 Å². The molecule has 33 heavy (non-hydrogen) atoms. The van der Waals surface area contributed by atoms with Crippen molar-refractivity contribution in [1.29, 1.82) is 0 Å². The zero-order valence-electron chi connectivity index (χ0n) is 19.9. The van der Waals surface area contributed by atoms with Gasteiger partial charge in [0, 0.05) is 25.7 Å². The Morgan fingerprint density at radius 2 is 1.94 bits per heavy atom. The molecule has 2 amide bonds. The Balaban J connectivity index is 1.69. The van der Waals surface area contributed by atoms with Gasteiger partial charge in [-0.05, 0) is 39.3 Å². The maximum Gasteiger partial charge on any atom is 0.404 e. The number of nitrogens with zero attached hydrogens (tertiary/aromatic N) is 4. The molecule has 1 saturated heterocycles. The van der Waals surface area contributed by atoms with Gasteiger partial charge in [0.1, 0.15) is 5.82 Å². The molecule has 1 aromatic heterocycles. The Kier molecular flexibility index (Phi) is 8.28. The lowest BCUT2D eigenvalue weighted by molar-refractivity contribution is -0.124. The minimum absolute atomic E-state index is 0.00741. The first-order valence-electron chi connectivity index (χ1n) is 11.6. The van der Waals surface area contributed by atoms with Crippen molar-refractivity contribution in [2.45, 2.75) is 52.0 Å². The van der Waals surface area contributed by atoms with E-state index in [0.717, 1.165) is 25.7 Å². The van der Waals surface area contributed by atoms with Gasteiger partial charge in [0.15, 0.2) is 11.6 Å². The van der Waals surface area contributed by atoms with Crippen LogP contribution in [0.5, 0.6) is 0 Å². The number of nitrogens with one attached hydrogen (secondary N) is 3. The molecule has 1 aliphatic heterocycles. The van der Waals surface area contributed by atoms with Gasteiger partial charge in [0.2, 0.25) is 11.7 Å². The lowest BCUT2D eigenvalue weighted by atomic mass is 9.92. The van der Waals surface area contributed by atoms with Gasteiger partial charge >= 0.3 is 6.09 Å². The maximum atomic E-state index is 15.3. The van der Waals surface area contributed by atoms with E-state index in [2.05, 4.69) is 38.0 Å². The number of hydrazine groups is 1. The summed E-state index contributed by atoms with van der Waals surface area (Å²) >= 11 is 0. The van der Waals surface area contributed by atoms with Crippen molar-refractivity contribution in [3.05, 3.63) is 11.6 Å². The average molecular weight is 466 g/mol. The summed E-state index contributed by atoms with van der Waals surface area (Å²) in [5.41, 5.74) is 5.16. The standard InChI is InChI=1S/C22H36FN7O3/c1-13-11-30(12-17(13)29(3)4)20-18(23)19(25-14(2)26-20)27-28-21(31)16(10-24-22(32)33)9-15-7-5-6-8-15/h13,15-17,24H,5-12H2,1-4H3,(H,28,31)(H,32,33)(H,25,26,27)/t13-,16+,17-/m0/s1. The normalized spacial score (nSPS) is 21.9. The Morgan fingerprint density at radius 1 is 1.24 bits per heavy atom. The van der Waals surface area contributed by atoms with Gasteiger partial charge in [0.25, 0.3) is 0 Å². The number of hydrogen-bond acceptors (Lipinski definition) is 7. The molecule has 11 heteroatoms. The number of carboxylic acid groups (broad SMARTS) is 1. The molecule has 0 spiro atoms. The predicted molar refractivity (Wildman–Crippen MR) is 123 cm³/mol. The molecule has 3 atom stereocenters. The summed E-state index contributed by atoms with van der Waals surface area (Å²) < 4.78 is 15.3. The second-order valence-corrected chi connectivity index (χ2v) is 9.55. The summed E-state index contributed by atoms with van der Waals surface area (Å²) in [6.07, 6.45) is 3.74. The third kappa shape index (κ3) is 6.43. The minimum Gasteiger partial charge on any atom is -0.465 e. The molecule has 1 saturated carbocycles. The van der Waals surface area contributed by atoms with Crippen LogP contribution in [0, 0.1) is 30.5 Å². The van der Waals surface area contributed by atoms with Crippen molar-refractivity contribution in [3.63, 3.8) is 0 Å². The highest BCUT2D eigenvalue weighted by Crippen LogP contribution is 2.31. The molecule has 184 valence electrons. The molecule has 0 radical (unpaired) electrons. The van der Waals surface area contributed by atoms with Gasteiger partial charge in [-0.2, -0.15) is 4.39 Å². The number of anilines is 2. The molecule has 2 aliphatic rings. The highest BCUT2D eigenvalue weighted by atomic mass is 19.1. The molecule has 10 nitrogen and oxygen atoms in total. The van der Waals surface area contributed by atoms with Crippen LogP contribution < -0.4 is 21.1 Å². The van der Waals surface area contributed by atoms with Crippen LogP contribution >= 0.6 is 0 Å². The van der Waals surface area contributed by atoms with Crippen molar-refractivity contribution < 1.29 is 19.1 Å². The molecule has 2 fully saturated rings. The summed E-state index contributed by atoms with van der Waals surface area (Å²) in [5.74, 6) is -0.324. The molecule has 0 bridgehead atoms. The lowest BCUT2D eigenvalue weighted by Crippen LogP contribution is -2.42. The molecule has 0 aromatic carbocycles. The summed E-state index contributed by atoms with van der Waals surface area (Å²) in [7, 11) is 4.02. The highest BCUT2D eigenvalue weighted by Gasteiger charge is 2.34. The van der Waals surface area contributed by atoms with Gasteiger partial charge < -0.3 is 20.2 Å². The smallest absolute Gasteiger partial charge is 0.404 e. The van der Waals surface area contributed by atoms with Gasteiger partial charge in [-0.15, -0.1) is 0 Å². The Bertz CT molecular complexity index is 848. The first-order valence-corrected chi connectivity index (χ1v) is 11.6. The van der Waals surface area contributed by atoms with Crippen LogP contribution in [0.3, 0.4) is 0 Å². The first-order chi connectivity index (χ1) is 15.7. The largest absolute Gasteiger partial charge is 0.465 e. The zero-order valence-corrected chi connectivity index (χ0v) is 19.9. The number of rotatable bonds is 9. The van der Waals surface area contributed by atoms with Crippen LogP contribution in [-0.2, 0) is 4.79 Å². The number of likely N-dealkylation sites (N-methyl/N-ethyl adjacent to an activating group) is 1.